The molecule has 1 heterocycles. The molecule has 0 radical (unpaired) electrons. The Hall–Kier alpha value is -2.32. The Labute approximate surface area is 152 Å². The van der Waals surface area contributed by atoms with Gasteiger partial charge in [-0.25, -0.2) is 13.4 Å². The minimum Gasteiger partial charge on any atom is -0.292 e. The number of rotatable bonds is 3. The summed E-state index contributed by atoms with van der Waals surface area (Å²) in [5.74, 6) is 0. The van der Waals surface area contributed by atoms with Crippen LogP contribution < -0.4 is 0 Å². The molecule has 0 atom stereocenters. The summed E-state index contributed by atoms with van der Waals surface area (Å²) in [4.78, 5) is 3.30. The van der Waals surface area contributed by atoms with Gasteiger partial charge in [0.2, 0.25) is 9.84 Å². The molecular formula is C17H12ClF3N2O2S. The molecule has 4 nitrogen and oxygen atoms in total. The normalized spacial score (nSPS) is 12.3. The van der Waals surface area contributed by atoms with Crippen LogP contribution in [0.2, 0.25) is 5.02 Å². The average molecular weight is 401 g/mol. The molecule has 9 heteroatoms. The van der Waals surface area contributed by atoms with E-state index in [9.17, 15) is 21.6 Å². The summed E-state index contributed by atoms with van der Waals surface area (Å²) in [7, 11) is -4.46. The maximum atomic E-state index is 13.7. The lowest BCUT2D eigenvalue weighted by Crippen LogP contribution is -2.17. The number of aromatic nitrogens is 2. The summed E-state index contributed by atoms with van der Waals surface area (Å²) in [6.07, 6.45) is -4.14. The fraction of sp³-hybridized carbons (Fsp3) is 0.118. The van der Waals surface area contributed by atoms with E-state index in [1.54, 1.807) is 13.0 Å². The molecule has 0 fully saturated rings. The molecule has 136 valence electrons. The van der Waals surface area contributed by atoms with E-state index in [4.69, 9.17) is 11.6 Å². The van der Waals surface area contributed by atoms with Crippen molar-refractivity contribution in [2.45, 2.75) is 23.0 Å². The van der Waals surface area contributed by atoms with E-state index in [1.165, 1.54) is 42.5 Å². The Morgan fingerprint density at radius 1 is 1.04 bits per heavy atom. The second-order valence-corrected chi connectivity index (χ2v) is 7.81. The zero-order chi connectivity index (χ0) is 19.1. The summed E-state index contributed by atoms with van der Waals surface area (Å²) in [5, 5.41) is -1.02. The van der Waals surface area contributed by atoms with E-state index >= 15 is 0 Å². The molecule has 0 aliphatic heterocycles. The lowest BCUT2D eigenvalue weighted by Gasteiger charge is -2.14. The number of para-hydroxylation sites is 1. The first-order valence-corrected chi connectivity index (χ1v) is 9.19. The highest BCUT2D eigenvalue weighted by Gasteiger charge is 2.43. The molecule has 3 aromatic rings. The van der Waals surface area contributed by atoms with E-state index in [0.29, 0.717) is 4.57 Å². The van der Waals surface area contributed by atoms with Crippen molar-refractivity contribution in [3.05, 3.63) is 71.1 Å². The van der Waals surface area contributed by atoms with Crippen LogP contribution in [0, 0.1) is 6.92 Å². The average Bonchev–Trinajstić information content (AvgIpc) is 3.01. The van der Waals surface area contributed by atoms with E-state index in [1.807, 2.05) is 0 Å². The Balaban J connectivity index is 2.27. The molecule has 0 saturated heterocycles. The Morgan fingerprint density at radius 3 is 2.23 bits per heavy atom. The van der Waals surface area contributed by atoms with Gasteiger partial charge < -0.3 is 0 Å². The van der Waals surface area contributed by atoms with Gasteiger partial charge in [-0.3, -0.25) is 4.57 Å². The van der Waals surface area contributed by atoms with Crippen LogP contribution in [0.4, 0.5) is 13.2 Å². The molecule has 0 unspecified atom stereocenters. The molecule has 0 aliphatic rings. The van der Waals surface area contributed by atoms with Gasteiger partial charge in [0.15, 0.2) is 10.7 Å². The Morgan fingerprint density at radius 2 is 1.65 bits per heavy atom. The molecule has 0 aliphatic carbocycles. The van der Waals surface area contributed by atoms with Crippen LogP contribution in [-0.4, -0.2) is 18.0 Å². The second kappa shape index (κ2) is 6.44. The molecular weight excluding hydrogens is 389 g/mol. The maximum absolute atomic E-state index is 13.7. The minimum absolute atomic E-state index is 0.0145. The summed E-state index contributed by atoms with van der Waals surface area (Å²) in [6.45, 7) is 1.74. The van der Waals surface area contributed by atoms with Crippen LogP contribution in [0.25, 0.3) is 5.69 Å². The van der Waals surface area contributed by atoms with Gasteiger partial charge >= 0.3 is 6.18 Å². The first-order chi connectivity index (χ1) is 12.1. The van der Waals surface area contributed by atoms with Crippen molar-refractivity contribution in [1.82, 2.24) is 9.55 Å². The smallest absolute Gasteiger partial charge is 0.292 e. The van der Waals surface area contributed by atoms with Gasteiger partial charge in [-0.15, -0.1) is 0 Å². The highest BCUT2D eigenvalue weighted by molar-refractivity contribution is 7.91. The number of sulfone groups is 1. The summed E-state index contributed by atoms with van der Waals surface area (Å²) in [5.41, 5.74) is -0.632. The van der Waals surface area contributed by atoms with Crippen LogP contribution in [0.3, 0.4) is 0 Å². The molecule has 0 spiro atoms. The van der Waals surface area contributed by atoms with Crippen LogP contribution in [-0.2, 0) is 16.0 Å². The standard InChI is InChI=1S/C17H12ClF3N2O2S/c1-11-6-8-12(9-7-11)26(24,25)16-15(17(19,20)21)23(10-22-16)14-5-3-2-4-13(14)18/h2-10H,1H3. The van der Waals surface area contributed by atoms with Crippen molar-refractivity contribution in [3.8, 4) is 5.69 Å². The highest BCUT2D eigenvalue weighted by Crippen LogP contribution is 2.38. The lowest BCUT2D eigenvalue weighted by atomic mass is 10.2. The third-order valence-corrected chi connectivity index (χ3v) is 5.72. The number of hydrogen-bond acceptors (Lipinski definition) is 3. The van der Waals surface area contributed by atoms with Gasteiger partial charge in [-0.05, 0) is 31.2 Å². The topological polar surface area (TPSA) is 52.0 Å². The van der Waals surface area contributed by atoms with Crippen molar-refractivity contribution in [3.63, 3.8) is 0 Å². The zero-order valence-electron chi connectivity index (χ0n) is 13.3. The number of halogens is 4. The SMILES string of the molecule is Cc1ccc(S(=O)(=O)c2ncn(-c3ccccc3Cl)c2C(F)(F)F)cc1. The number of aryl methyl sites for hydroxylation is 1. The minimum atomic E-state index is -4.96. The monoisotopic (exact) mass is 400 g/mol. The molecule has 0 amide bonds. The van der Waals surface area contributed by atoms with Gasteiger partial charge in [-0.2, -0.15) is 13.2 Å². The molecule has 0 N–H and O–H groups in total. The first-order valence-electron chi connectivity index (χ1n) is 7.33. The fourth-order valence-corrected chi connectivity index (χ4v) is 4.04. The molecule has 0 saturated carbocycles. The van der Waals surface area contributed by atoms with Gasteiger partial charge in [0, 0.05) is 0 Å². The van der Waals surface area contributed by atoms with Crippen molar-refractivity contribution < 1.29 is 21.6 Å². The number of hydrogen-bond donors (Lipinski definition) is 0. The van der Waals surface area contributed by atoms with Crippen LogP contribution >= 0.6 is 11.6 Å². The third-order valence-electron chi connectivity index (χ3n) is 3.70. The van der Waals surface area contributed by atoms with Gasteiger partial charge in [0.1, 0.15) is 6.33 Å². The maximum Gasteiger partial charge on any atom is 0.434 e. The van der Waals surface area contributed by atoms with Crippen LogP contribution in [0.15, 0.2) is 64.8 Å². The van der Waals surface area contributed by atoms with Crippen LogP contribution in [0.5, 0.6) is 0 Å². The summed E-state index contributed by atoms with van der Waals surface area (Å²) < 4.78 is 67.2. The number of alkyl halides is 3. The highest BCUT2D eigenvalue weighted by atomic mass is 35.5. The second-order valence-electron chi connectivity index (χ2n) is 5.53. The summed E-state index contributed by atoms with van der Waals surface area (Å²) >= 11 is 5.97. The molecule has 1 aromatic heterocycles. The molecule has 2 aromatic carbocycles. The van der Waals surface area contributed by atoms with E-state index < -0.39 is 26.7 Å². The molecule has 3 rings (SSSR count). The molecule has 0 bridgehead atoms. The summed E-state index contributed by atoms with van der Waals surface area (Å²) in [6, 6.07) is 11.3. The quantitative estimate of drug-likeness (QED) is 0.641. The largest absolute Gasteiger partial charge is 0.434 e. The predicted molar refractivity (Wildman–Crippen MR) is 90.2 cm³/mol. The van der Waals surface area contributed by atoms with Crippen molar-refractivity contribution in [1.29, 1.82) is 0 Å². The molecule has 26 heavy (non-hydrogen) atoms. The van der Waals surface area contributed by atoms with Crippen molar-refractivity contribution in [2.75, 3.05) is 0 Å². The van der Waals surface area contributed by atoms with Crippen LogP contribution in [0.1, 0.15) is 11.3 Å². The predicted octanol–water partition coefficient (Wildman–Crippen LogP) is 4.69. The lowest BCUT2D eigenvalue weighted by molar-refractivity contribution is -0.144. The van der Waals surface area contributed by atoms with Crippen molar-refractivity contribution >= 4 is 21.4 Å². The van der Waals surface area contributed by atoms with E-state index in [2.05, 4.69) is 4.98 Å². The number of nitrogens with zero attached hydrogens (tertiary/aromatic N) is 2. The van der Waals surface area contributed by atoms with Gasteiger partial charge in [-0.1, -0.05) is 41.4 Å². The Kier molecular flexibility index (Phi) is 4.58. The van der Waals surface area contributed by atoms with Gasteiger partial charge in [0.25, 0.3) is 0 Å². The zero-order valence-corrected chi connectivity index (χ0v) is 14.9. The Bertz CT molecular complexity index is 1060. The van der Waals surface area contributed by atoms with Gasteiger partial charge in [0.05, 0.1) is 15.6 Å². The fourth-order valence-electron chi connectivity index (χ4n) is 2.45. The van der Waals surface area contributed by atoms with E-state index in [-0.39, 0.29) is 15.6 Å². The number of benzene rings is 2. The number of imidazole rings is 1. The van der Waals surface area contributed by atoms with Crippen molar-refractivity contribution in [2.24, 2.45) is 0 Å². The van der Waals surface area contributed by atoms with E-state index in [0.717, 1.165) is 11.9 Å². The first kappa shape index (κ1) is 18.5. The third kappa shape index (κ3) is 3.22.